The average molecular weight is 561 g/mol. The Hall–Kier alpha value is -3.91. The van der Waals surface area contributed by atoms with Crippen molar-refractivity contribution in [1.29, 1.82) is 0 Å². The second-order valence-corrected chi connectivity index (χ2v) is 9.79. The highest BCUT2D eigenvalue weighted by atomic mass is 79.9. The quantitative estimate of drug-likeness (QED) is 0.282. The van der Waals surface area contributed by atoms with Gasteiger partial charge in [0.15, 0.2) is 0 Å². The number of nitrogens with zero attached hydrogens (tertiary/aromatic N) is 3. The number of benzene rings is 3. The molecular formula is C29H29BrN4O3. The number of nitrogens with one attached hydrogen (secondary N) is 1. The van der Waals surface area contributed by atoms with Gasteiger partial charge in [-0.25, -0.2) is 4.68 Å². The van der Waals surface area contributed by atoms with Crippen molar-refractivity contribution in [2.45, 2.75) is 26.8 Å². The third-order valence-electron chi connectivity index (χ3n) is 5.97. The molecule has 7 nitrogen and oxygen atoms in total. The molecule has 8 heteroatoms. The summed E-state index contributed by atoms with van der Waals surface area (Å²) in [4.78, 5) is 28.3. The summed E-state index contributed by atoms with van der Waals surface area (Å²) in [7, 11) is 1.61. The zero-order chi connectivity index (χ0) is 26.5. The molecule has 0 aliphatic heterocycles. The SMILES string of the molecule is COc1ccc(-n2nc(C)c(-c3ccccc3)c2NC(=O)CN(C(=O)c2cccc(Br)c2)C(C)C)cc1. The lowest BCUT2D eigenvalue weighted by molar-refractivity contribution is -0.117. The molecule has 4 aromatic rings. The summed E-state index contributed by atoms with van der Waals surface area (Å²) in [6.45, 7) is 5.59. The van der Waals surface area contributed by atoms with Crippen LogP contribution in [0.4, 0.5) is 5.82 Å². The molecule has 0 atom stereocenters. The van der Waals surface area contributed by atoms with E-state index in [1.807, 2.05) is 81.4 Å². The van der Waals surface area contributed by atoms with Gasteiger partial charge in [0.25, 0.3) is 5.91 Å². The van der Waals surface area contributed by atoms with E-state index in [2.05, 4.69) is 21.2 Å². The summed E-state index contributed by atoms with van der Waals surface area (Å²) in [5, 5.41) is 7.80. The molecule has 0 saturated carbocycles. The number of hydrogen-bond donors (Lipinski definition) is 1. The number of ether oxygens (including phenoxy) is 1. The van der Waals surface area contributed by atoms with Gasteiger partial charge in [-0.05, 0) is 68.8 Å². The molecule has 0 spiro atoms. The van der Waals surface area contributed by atoms with Crippen LogP contribution in [0.5, 0.6) is 5.75 Å². The first-order valence-corrected chi connectivity index (χ1v) is 12.7. The smallest absolute Gasteiger partial charge is 0.254 e. The highest BCUT2D eigenvalue weighted by molar-refractivity contribution is 9.10. The molecule has 0 fully saturated rings. The van der Waals surface area contributed by atoms with Gasteiger partial charge < -0.3 is 15.0 Å². The van der Waals surface area contributed by atoms with Crippen LogP contribution >= 0.6 is 15.9 Å². The minimum atomic E-state index is -0.316. The Labute approximate surface area is 225 Å². The first kappa shape index (κ1) is 26.2. The number of aryl methyl sites for hydroxylation is 1. The molecule has 1 heterocycles. The monoisotopic (exact) mass is 560 g/mol. The van der Waals surface area contributed by atoms with Gasteiger partial charge in [0, 0.05) is 21.6 Å². The summed E-state index contributed by atoms with van der Waals surface area (Å²) in [6.07, 6.45) is 0. The van der Waals surface area contributed by atoms with Crippen molar-refractivity contribution < 1.29 is 14.3 Å². The van der Waals surface area contributed by atoms with E-state index < -0.39 is 0 Å². The van der Waals surface area contributed by atoms with Crippen LogP contribution in [0, 0.1) is 6.92 Å². The largest absolute Gasteiger partial charge is 0.497 e. The van der Waals surface area contributed by atoms with Crippen LogP contribution in [0.25, 0.3) is 16.8 Å². The second-order valence-electron chi connectivity index (χ2n) is 8.87. The Morgan fingerprint density at radius 2 is 1.73 bits per heavy atom. The zero-order valence-electron chi connectivity index (χ0n) is 21.2. The van der Waals surface area contributed by atoms with Crippen LogP contribution in [-0.4, -0.2) is 46.2 Å². The van der Waals surface area contributed by atoms with Crippen molar-refractivity contribution in [3.05, 3.63) is 94.6 Å². The van der Waals surface area contributed by atoms with Crippen LogP contribution in [0.2, 0.25) is 0 Å². The first-order valence-electron chi connectivity index (χ1n) is 11.9. The summed E-state index contributed by atoms with van der Waals surface area (Å²) in [5.74, 6) is 0.732. The van der Waals surface area contributed by atoms with Gasteiger partial charge >= 0.3 is 0 Å². The lowest BCUT2D eigenvalue weighted by atomic mass is 10.1. The van der Waals surface area contributed by atoms with Crippen molar-refractivity contribution in [2.24, 2.45) is 0 Å². The number of halogens is 1. The third-order valence-corrected chi connectivity index (χ3v) is 6.46. The van der Waals surface area contributed by atoms with Crippen molar-refractivity contribution in [2.75, 3.05) is 19.0 Å². The van der Waals surface area contributed by atoms with Gasteiger partial charge in [0.05, 0.1) is 18.5 Å². The fourth-order valence-corrected chi connectivity index (χ4v) is 4.51. The van der Waals surface area contributed by atoms with Crippen LogP contribution in [0.15, 0.2) is 83.3 Å². The maximum atomic E-state index is 13.4. The molecule has 0 unspecified atom stereocenters. The number of hydrogen-bond acceptors (Lipinski definition) is 4. The number of carbonyl (C=O) groups is 2. The van der Waals surface area contributed by atoms with E-state index in [9.17, 15) is 9.59 Å². The predicted octanol–water partition coefficient (Wildman–Crippen LogP) is 6.11. The third kappa shape index (κ3) is 5.91. The lowest BCUT2D eigenvalue weighted by Gasteiger charge is -2.26. The highest BCUT2D eigenvalue weighted by Crippen LogP contribution is 2.33. The highest BCUT2D eigenvalue weighted by Gasteiger charge is 2.25. The number of carbonyl (C=O) groups excluding carboxylic acids is 2. The average Bonchev–Trinajstić information content (AvgIpc) is 3.22. The maximum absolute atomic E-state index is 13.4. The van der Waals surface area contributed by atoms with Crippen molar-refractivity contribution in [1.82, 2.24) is 14.7 Å². The normalized spacial score (nSPS) is 10.9. The molecule has 2 amide bonds. The van der Waals surface area contributed by atoms with Crippen molar-refractivity contribution >= 4 is 33.6 Å². The van der Waals surface area contributed by atoms with Gasteiger partial charge in [0.1, 0.15) is 18.1 Å². The van der Waals surface area contributed by atoms with Crippen molar-refractivity contribution in [3.8, 4) is 22.6 Å². The molecule has 4 rings (SSSR count). The van der Waals surface area contributed by atoms with Gasteiger partial charge in [0.2, 0.25) is 5.91 Å². The minimum Gasteiger partial charge on any atom is -0.497 e. The van der Waals surface area contributed by atoms with Crippen LogP contribution in [-0.2, 0) is 4.79 Å². The molecule has 1 aromatic heterocycles. The Morgan fingerprint density at radius 3 is 2.35 bits per heavy atom. The van der Waals surface area contributed by atoms with E-state index >= 15 is 0 Å². The zero-order valence-corrected chi connectivity index (χ0v) is 22.8. The molecule has 190 valence electrons. The van der Waals surface area contributed by atoms with Gasteiger partial charge in [-0.3, -0.25) is 9.59 Å². The fraction of sp³-hybridized carbons (Fsp3) is 0.207. The van der Waals surface area contributed by atoms with E-state index in [4.69, 9.17) is 9.84 Å². The molecule has 0 aliphatic carbocycles. The molecule has 0 aliphatic rings. The van der Waals surface area contributed by atoms with Crippen LogP contribution < -0.4 is 10.1 Å². The predicted molar refractivity (Wildman–Crippen MR) is 149 cm³/mol. The molecule has 1 N–H and O–H groups in total. The summed E-state index contributed by atoms with van der Waals surface area (Å²) >= 11 is 3.42. The molecule has 3 aromatic carbocycles. The Morgan fingerprint density at radius 1 is 1.03 bits per heavy atom. The number of aromatic nitrogens is 2. The maximum Gasteiger partial charge on any atom is 0.254 e. The molecule has 0 saturated heterocycles. The number of anilines is 1. The first-order chi connectivity index (χ1) is 17.8. The van der Waals surface area contributed by atoms with Crippen LogP contribution in [0.3, 0.4) is 0 Å². The Kier molecular flexibility index (Phi) is 8.08. The number of amides is 2. The molecule has 0 radical (unpaired) electrons. The molecule has 37 heavy (non-hydrogen) atoms. The topological polar surface area (TPSA) is 76.5 Å². The number of methoxy groups -OCH3 is 1. The Bertz CT molecular complexity index is 1400. The van der Waals surface area contributed by atoms with E-state index in [1.54, 1.807) is 34.9 Å². The van der Waals surface area contributed by atoms with Crippen molar-refractivity contribution in [3.63, 3.8) is 0 Å². The minimum absolute atomic E-state index is 0.107. The summed E-state index contributed by atoms with van der Waals surface area (Å²) < 4.78 is 7.81. The summed E-state index contributed by atoms with van der Waals surface area (Å²) in [6, 6.07) is 24.2. The Balaban J connectivity index is 1.69. The van der Waals surface area contributed by atoms with E-state index in [0.717, 1.165) is 32.7 Å². The standard InChI is InChI=1S/C29H29BrN4O3/c1-19(2)33(29(36)22-11-8-12-23(30)17-22)18-26(35)31-28-27(21-9-6-5-7-10-21)20(3)32-34(28)24-13-15-25(37-4)16-14-24/h5-17,19H,18H2,1-4H3,(H,31,35). The fourth-order valence-electron chi connectivity index (χ4n) is 4.11. The molecular weight excluding hydrogens is 532 g/mol. The summed E-state index contributed by atoms with van der Waals surface area (Å²) in [5.41, 5.74) is 3.80. The number of rotatable bonds is 8. The van der Waals surface area contributed by atoms with Gasteiger partial charge in [-0.15, -0.1) is 0 Å². The van der Waals surface area contributed by atoms with Crippen LogP contribution in [0.1, 0.15) is 29.9 Å². The molecule has 0 bridgehead atoms. The van der Waals surface area contributed by atoms with Gasteiger partial charge in [-0.1, -0.05) is 52.3 Å². The van der Waals surface area contributed by atoms with E-state index in [0.29, 0.717) is 11.4 Å². The lowest BCUT2D eigenvalue weighted by Crippen LogP contribution is -2.42. The van der Waals surface area contributed by atoms with Gasteiger partial charge in [-0.2, -0.15) is 5.10 Å². The van der Waals surface area contributed by atoms with E-state index in [-0.39, 0.29) is 24.4 Å². The van der Waals surface area contributed by atoms with E-state index in [1.165, 1.54) is 0 Å². The second kappa shape index (κ2) is 11.4.